The summed E-state index contributed by atoms with van der Waals surface area (Å²) in [5.41, 5.74) is 4.98. The average Bonchev–Trinajstić information content (AvgIpc) is 1.84. The second kappa shape index (κ2) is 6.04. The molecule has 0 fully saturated rings. The van der Waals surface area contributed by atoms with Crippen molar-refractivity contribution in [3.8, 4) is 0 Å². The van der Waals surface area contributed by atoms with E-state index in [-0.39, 0.29) is 25.2 Å². The van der Waals surface area contributed by atoms with Gasteiger partial charge in [0.1, 0.15) is 6.04 Å². The van der Waals surface area contributed by atoms with Gasteiger partial charge in [-0.3, -0.25) is 4.79 Å². The van der Waals surface area contributed by atoms with Crippen LogP contribution in [0.3, 0.4) is 0 Å². The highest BCUT2D eigenvalue weighted by Gasteiger charge is 2.26. The van der Waals surface area contributed by atoms with Crippen LogP contribution in [0.15, 0.2) is 0 Å². The first-order chi connectivity index (χ1) is 5.33. The number of rotatable bonds is 4. The number of hydrogen-bond acceptors (Lipinski definition) is 2. The van der Waals surface area contributed by atoms with Gasteiger partial charge in [-0.1, -0.05) is 0 Å². The van der Waals surface area contributed by atoms with Crippen molar-refractivity contribution >= 4 is 18.4 Å². The molecular weight excluding hydrogens is 211 g/mol. The zero-order chi connectivity index (χ0) is 9.78. The first kappa shape index (κ1) is 15.0. The summed E-state index contributed by atoms with van der Waals surface area (Å²) in [5, 5.41) is 8.21. The Labute approximate surface area is 79.5 Å². The van der Waals surface area contributed by atoms with E-state index in [9.17, 15) is 18.0 Å². The monoisotopic (exact) mass is 221 g/mol. The summed E-state index contributed by atoms with van der Waals surface area (Å²) in [5.74, 6) is -1.27. The van der Waals surface area contributed by atoms with Crippen LogP contribution in [0, 0.1) is 0 Å². The predicted octanol–water partition coefficient (Wildman–Crippen LogP) is 1.55. The van der Waals surface area contributed by atoms with Gasteiger partial charge in [-0.25, -0.2) is 0 Å². The van der Waals surface area contributed by atoms with Crippen molar-refractivity contribution in [3.63, 3.8) is 0 Å². The Morgan fingerprint density at radius 1 is 1.46 bits per heavy atom. The molecule has 13 heavy (non-hydrogen) atoms. The minimum absolute atomic E-state index is 0. The molecule has 1 unspecified atom stereocenters. The molecule has 0 saturated carbocycles. The van der Waals surface area contributed by atoms with Gasteiger partial charge in [0.15, 0.2) is 0 Å². The van der Waals surface area contributed by atoms with Crippen molar-refractivity contribution in [3.05, 3.63) is 0 Å². The van der Waals surface area contributed by atoms with Gasteiger partial charge in [-0.2, -0.15) is 13.2 Å². The fourth-order valence-corrected chi connectivity index (χ4v) is 0.646. The number of nitrogens with two attached hydrogens (primary N) is 1. The minimum atomic E-state index is -4.22. The highest BCUT2D eigenvalue weighted by Crippen LogP contribution is 2.22. The summed E-state index contributed by atoms with van der Waals surface area (Å²) in [6, 6.07) is -1.19. The Hall–Kier alpha value is -0.490. The molecular formula is C6H11ClF3NO2. The van der Waals surface area contributed by atoms with Crippen LogP contribution in [-0.4, -0.2) is 23.3 Å². The van der Waals surface area contributed by atoms with E-state index >= 15 is 0 Å². The van der Waals surface area contributed by atoms with Gasteiger partial charge in [0.25, 0.3) is 0 Å². The molecule has 80 valence electrons. The van der Waals surface area contributed by atoms with Gasteiger partial charge in [0.2, 0.25) is 0 Å². The summed E-state index contributed by atoms with van der Waals surface area (Å²) in [6.07, 6.45) is -5.59. The molecule has 0 aromatic heterocycles. The highest BCUT2D eigenvalue weighted by molar-refractivity contribution is 5.85. The van der Waals surface area contributed by atoms with Crippen molar-refractivity contribution in [2.75, 3.05) is 0 Å². The average molecular weight is 222 g/mol. The number of alkyl halides is 3. The van der Waals surface area contributed by atoms with Crippen LogP contribution in [0.1, 0.15) is 19.3 Å². The van der Waals surface area contributed by atoms with Crippen LogP contribution in [0.2, 0.25) is 0 Å². The molecule has 0 aliphatic heterocycles. The molecule has 0 aromatic carbocycles. The number of halogens is 4. The van der Waals surface area contributed by atoms with E-state index < -0.39 is 24.6 Å². The Morgan fingerprint density at radius 3 is 2.23 bits per heavy atom. The molecule has 0 amide bonds. The first-order valence-electron chi connectivity index (χ1n) is 3.38. The van der Waals surface area contributed by atoms with Crippen LogP contribution in [0.4, 0.5) is 13.2 Å². The summed E-state index contributed by atoms with van der Waals surface area (Å²) >= 11 is 0. The molecule has 0 aliphatic carbocycles. The fourth-order valence-electron chi connectivity index (χ4n) is 0.646. The van der Waals surface area contributed by atoms with Crippen LogP contribution >= 0.6 is 12.4 Å². The summed E-state index contributed by atoms with van der Waals surface area (Å²) in [4.78, 5) is 10.0. The molecule has 7 heteroatoms. The van der Waals surface area contributed by atoms with E-state index in [2.05, 4.69) is 0 Å². The third-order valence-corrected chi connectivity index (χ3v) is 1.29. The summed E-state index contributed by atoms with van der Waals surface area (Å²) < 4.78 is 34.6. The molecule has 0 aromatic rings. The second-order valence-electron chi connectivity index (χ2n) is 2.45. The standard InChI is InChI=1S/C6H10F3NO2.ClH/c7-6(8,9)3-1-2-4(10)5(11)12;/h4H,1-3,10H2,(H,11,12);1H. The number of carboxylic acids is 1. The molecule has 0 rings (SSSR count). The topological polar surface area (TPSA) is 63.3 Å². The van der Waals surface area contributed by atoms with Crippen LogP contribution < -0.4 is 5.73 Å². The smallest absolute Gasteiger partial charge is 0.389 e. The van der Waals surface area contributed by atoms with Crippen molar-refractivity contribution in [1.82, 2.24) is 0 Å². The number of aliphatic carboxylic acids is 1. The third kappa shape index (κ3) is 9.42. The maximum absolute atomic E-state index is 11.5. The van der Waals surface area contributed by atoms with Gasteiger partial charge < -0.3 is 10.8 Å². The van der Waals surface area contributed by atoms with Gasteiger partial charge >= 0.3 is 12.1 Å². The molecule has 0 heterocycles. The lowest BCUT2D eigenvalue weighted by Gasteiger charge is -2.07. The summed E-state index contributed by atoms with van der Waals surface area (Å²) in [7, 11) is 0. The summed E-state index contributed by atoms with van der Waals surface area (Å²) in [6.45, 7) is 0. The number of hydrogen-bond donors (Lipinski definition) is 2. The lowest BCUT2D eigenvalue weighted by Crippen LogP contribution is -2.30. The maximum atomic E-state index is 11.5. The van der Waals surface area contributed by atoms with Crippen molar-refractivity contribution in [2.24, 2.45) is 5.73 Å². The van der Waals surface area contributed by atoms with E-state index in [1.165, 1.54) is 0 Å². The largest absolute Gasteiger partial charge is 0.480 e. The van der Waals surface area contributed by atoms with Crippen molar-refractivity contribution in [1.29, 1.82) is 0 Å². The highest BCUT2D eigenvalue weighted by atomic mass is 35.5. The molecule has 0 saturated heterocycles. The number of carboxylic acid groups (broad SMARTS) is 1. The van der Waals surface area contributed by atoms with Crippen LogP contribution in [0.5, 0.6) is 0 Å². The zero-order valence-electron chi connectivity index (χ0n) is 6.67. The van der Waals surface area contributed by atoms with Gasteiger partial charge in [-0.15, -0.1) is 12.4 Å². The van der Waals surface area contributed by atoms with Crippen molar-refractivity contribution < 1.29 is 23.1 Å². The van der Waals surface area contributed by atoms with Crippen molar-refractivity contribution in [2.45, 2.75) is 31.5 Å². The second-order valence-corrected chi connectivity index (χ2v) is 2.45. The zero-order valence-corrected chi connectivity index (χ0v) is 7.49. The maximum Gasteiger partial charge on any atom is 0.389 e. The van der Waals surface area contributed by atoms with E-state index in [1.54, 1.807) is 0 Å². The predicted molar refractivity (Wildman–Crippen MR) is 42.8 cm³/mol. The van der Waals surface area contributed by atoms with Gasteiger partial charge in [0.05, 0.1) is 0 Å². The Balaban J connectivity index is 0. The lowest BCUT2D eigenvalue weighted by molar-refractivity contribution is -0.142. The van der Waals surface area contributed by atoms with E-state index in [4.69, 9.17) is 10.8 Å². The van der Waals surface area contributed by atoms with Gasteiger partial charge in [-0.05, 0) is 12.8 Å². The lowest BCUT2D eigenvalue weighted by atomic mass is 10.1. The number of carbonyl (C=O) groups is 1. The molecule has 0 bridgehead atoms. The quantitative estimate of drug-likeness (QED) is 0.757. The molecule has 1 atom stereocenters. The third-order valence-electron chi connectivity index (χ3n) is 1.29. The van der Waals surface area contributed by atoms with E-state index in [0.29, 0.717) is 0 Å². The Morgan fingerprint density at radius 2 is 1.92 bits per heavy atom. The Kier molecular flexibility index (Phi) is 6.97. The SMILES string of the molecule is Cl.NC(CCCC(F)(F)F)C(=O)O. The molecule has 3 N–H and O–H groups in total. The van der Waals surface area contributed by atoms with E-state index in [0.717, 1.165) is 0 Å². The molecule has 0 aliphatic rings. The van der Waals surface area contributed by atoms with E-state index in [1.807, 2.05) is 0 Å². The minimum Gasteiger partial charge on any atom is -0.480 e. The molecule has 0 radical (unpaired) electrons. The van der Waals surface area contributed by atoms with Crippen LogP contribution in [0.25, 0.3) is 0 Å². The van der Waals surface area contributed by atoms with Crippen LogP contribution in [-0.2, 0) is 4.79 Å². The molecule has 3 nitrogen and oxygen atoms in total. The first-order valence-corrected chi connectivity index (χ1v) is 3.38. The Bertz CT molecular complexity index is 162. The fraction of sp³-hybridized carbons (Fsp3) is 0.833. The molecule has 0 spiro atoms. The normalized spacial score (nSPS) is 13.2. The van der Waals surface area contributed by atoms with Gasteiger partial charge in [0, 0.05) is 6.42 Å².